The molecule has 0 heterocycles. The predicted octanol–water partition coefficient (Wildman–Crippen LogP) is 4.87. The summed E-state index contributed by atoms with van der Waals surface area (Å²) in [5.41, 5.74) is 3.93. The highest BCUT2D eigenvalue weighted by Crippen LogP contribution is 2.18. The van der Waals surface area contributed by atoms with Gasteiger partial charge >= 0.3 is 0 Å². The summed E-state index contributed by atoms with van der Waals surface area (Å²) < 4.78 is 5.60. The molecule has 3 rings (SSSR count). The molecule has 32 heavy (non-hydrogen) atoms. The molecule has 0 spiro atoms. The van der Waals surface area contributed by atoms with Gasteiger partial charge in [-0.05, 0) is 66.9 Å². The van der Waals surface area contributed by atoms with E-state index in [0.29, 0.717) is 17.0 Å². The molecular formula is C26H23N3O3. The molecule has 2 N–H and O–H groups in total. The van der Waals surface area contributed by atoms with Gasteiger partial charge in [-0.15, -0.1) is 0 Å². The van der Waals surface area contributed by atoms with Crippen molar-refractivity contribution in [2.24, 2.45) is 0 Å². The minimum Gasteiger partial charge on any atom is -0.484 e. The SMILES string of the molecule is Cc1ccc(C)c(NC(=O)COc2cccc(/C=C(\C#N)C(=O)Nc3ccccc3)c2)c1. The van der Waals surface area contributed by atoms with Gasteiger partial charge in [0.1, 0.15) is 17.4 Å². The van der Waals surface area contributed by atoms with Crippen molar-refractivity contribution >= 4 is 29.3 Å². The Kier molecular flexibility index (Phi) is 7.39. The number of rotatable bonds is 7. The third-order valence-electron chi connectivity index (χ3n) is 4.60. The van der Waals surface area contributed by atoms with Crippen molar-refractivity contribution in [3.05, 3.63) is 95.1 Å². The number of para-hydroxylation sites is 1. The average molecular weight is 425 g/mol. The highest BCUT2D eigenvalue weighted by molar-refractivity contribution is 6.09. The van der Waals surface area contributed by atoms with Crippen molar-refractivity contribution in [1.29, 1.82) is 5.26 Å². The molecule has 0 atom stereocenters. The molecule has 2 amide bonds. The molecular weight excluding hydrogens is 402 g/mol. The van der Waals surface area contributed by atoms with Crippen LogP contribution in [-0.2, 0) is 9.59 Å². The highest BCUT2D eigenvalue weighted by atomic mass is 16.5. The molecule has 0 radical (unpaired) electrons. The van der Waals surface area contributed by atoms with E-state index >= 15 is 0 Å². The molecule has 0 saturated heterocycles. The Labute approximate surface area is 187 Å². The number of carbonyl (C=O) groups excluding carboxylic acids is 2. The second-order valence-corrected chi connectivity index (χ2v) is 7.22. The Morgan fingerprint density at radius 2 is 1.75 bits per heavy atom. The lowest BCUT2D eigenvalue weighted by atomic mass is 10.1. The molecule has 0 aliphatic rings. The summed E-state index contributed by atoms with van der Waals surface area (Å²) >= 11 is 0. The number of nitriles is 1. The number of benzene rings is 3. The summed E-state index contributed by atoms with van der Waals surface area (Å²) in [4.78, 5) is 24.7. The summed E-state index contributed by atoms with van der Waals surface area (Å²) in [7, 11) is 0. The quantitative estimate of drug-likeness (QED) is 0.417. The number of hydrogen-bond acceptors (Lipinski definition) is 4. The van der Waals surface area contributed by atoms with E-state index in [1.54, 1.807) is 48.5 Å². The van der Waals surface area contributed by atoms with Crippen molar-refractivity contribution < 1.29 is 14.3 Å². The van der Waals surface area contributed by atoms with E-state index in [9.17, 15) is 14.9 Å². The van der Waals surface area contributed by atoms with Crippen LogP contribution in [0.15, 0.2) is 78.4 Å². The number of anilines is 2. The van der Waals surface area contributed by atoms with Crippen LogP contribution in [0.4, 0.5) is 11.4 Å². The predicted molar refractivity (Wildman–Crippen MR) is 125 cm³/mol. The van der Waals surface area contributed by atoms with Crippen molar-refractivity contribution in [1.82, 2.24) is 0 Å². The van der Waals surface area contributed by atoms with Crippen LogP contribution in [0.25, 0.3) is 6.08 Å². The first-order valence-corrected chi connectivity index (χ1v) is 10.0. The van der Waals surface area contributed by atoms with E-state index in [4.69, 9.17) is 4.74 Å². The normalized spacial score (nSPS) is 10.7. The van der Waals surface area contributed by atoms with Gasteiger partial charge in [-0.25, -0.2) is 0 Å². The van der Waals surface area contributed by atoms with Crippen molar-refractivity contribution in [2.75, 3.05) is 17.2 Å². The summed E-state index contributed by atoms with van der Waals surface area (Å²) in [6.07, 6.45) is 1.47. The molecule has 6 heteroatoms. The Morgan fingerprint density at radius 1 is 0.969 bits per heavy atom. The summed E-state index contributed by atoms with van der Waals surface area (Å²) in [6, 6.07) is 23.5. The van der Waals surface area contributed by atoms with Crippen LogP contribution in [-0.4, -0.2) is 18.4 Å². The lowest BCUT2D eigenvalue weighted by molar-refractivity contribution is -0.118. The smallest absolute Gasteiger partial charge is 0.266 e. The maximum absolute atomic E-state index is 12.4. The molecule has 3 aromatic carbocycles. The first kappa shape index (κ1) is 22.3. The van der Waals surface area contributed by atoms with Crippen LogP contribution < -0.4 is 15.4 Å². The first-order chi connectivity index (χ1) is 15.4. The van der Waals surface area contributed by atoms with E-state index in [0.717, 1.165) is 16.8 Å². The van der Waals surface area contributed by atoms with E-state index < -0.39 is 5.91 Å². The maximum Gasteiger partial charge on any atom is 0.266 e. The van der Waals surface area contributed by atoms with Crippen LogP contribution in [0, 0.1) is 25.2 Å². The number of nitrogens with zero attached hydrogens (tertiary/aromatic N) is 1. The molecule has 6 nitrogen and oxygen atoms in total. The fraction of sp³-hybridized carbons (Fsp3) is 0.115. The number of nitrogens with one attached hydrogen (secondary N) is 2. The van der Waals surface area contributed by atoms with Gasteiger partial charge in [-0.1, -0.05) is 42.5 Å². The van der Waals surface area contributed by atoms with Crippen molar-refractivity contribution in [2.45, 2.75) is 13.8 Å². The number of amides is 2. The van der Waals surface area contributed by atoms with E-state index in [-0.39, 0.29) is 18.1 Å². The van der Waals surface area contributed by atoms with Gasteiger partial charge in [0, 0.05) is 11.4 Å². The molecule has 0 aromatic heterocycles. The van der Waals surface area contributed by atoms with Gasteiger partial charge in [0.05, 0.1) is 0 Å². The minimum absolute atomic E-state index is 0.0429. The van der Waals surface area contributed by atoms with Gasteiger partial charge in [0.2, 0.25) is 0 Å². The Hall–Kier alpha value is -4.37. The number of carbonyl (C=O) groups is 2. The maximum atomic E-state index is 12.4. The van der Waals surface area contributed by atoms with E-state index in [1.165, 1.54) is 6.08 Å². The highest BCUT2D eigenvalue weighted by Gasteiger charge is 2.10. The third-order valence-corrected chi connectivity index (χ3v) is 4.60. The van der Waals surface area contributed by atoms with Crippen LogP contribution >= 0.6 is 0 Å². The van der Waals surface area contributed by atoms with Gasteiger partial charge in [-0.2, -0.15) is 5.26 Å². The van der Waals surface area contributed by atoms with E-state index in [1.807, 2.05) is 44.2 Å². The van der Waals surface area contributed by atoms with Crippen LogP contribution in [0.3, 0.4) is 0 Å². The first-order valence-electron chi connectivity index (χ1n) is 10.0. The zero-order chi connectivity index (χ0) is 22.9. The molecule has 160 valence electrons. The van der Waals surface area contributed by atoms with Crippen LogP contribution in [0.2, 0.25) is 0 Å². The molecule has 0 aliphatic carbocycles. The monoisotopic (exact) mass is 425 g/mol. The van der Waals surface area contributed by atoms with Gasteiger partial charge < -0.3 is 15.4 Å². The largest absolute Gasteiger partial charge is 0.484 e. The van der Waals surface area contributed by atoms with Gasteiger partial charge in [0.25, 0.3) is 11.8 Å². The number of hydrogen-bond donors (Lipinski definition) is 2. The summed E-state index contributed by atoms with van der Waals surface area (Å²) in [5, 5.41) is 14.9. The van der Waals surface area contributed by atoms with Crippen molar-refractivity contribution in [3.63, 3.8) is 0 Å². The number of aryl methyl sites for hydroxylation is 2. The fourth-order valence-corrected chi connectivity index (χ4v) is 2.93. The molecule has 0 aliphatic heterocycles. The van der Waals surface area contributed by atoms with Gasteiger partial charge in [-0.3, -0.25) is 9.59 Å². The lowest BCUT2D eigenvalue weighted by Gasteiger charge is -2.11. The topological polar surface area (TPSA) is 91.2 Å². The average Bonchev–Trinajstić information content (AvgIpc) is 2.79. The summed E-state index contributed by atoms with van der Waals surface area (Å²) in [6.45, 7) is 3.72. The molecule has 0 fully saturated rings. The standard InChI is InChI=1S/C26H23N3O3/c1-18-11-12-19(2)24(13-18)29-25(30)17-32-23-10-6-7-20(15-23)14-21(16-27)26(31)28-22-8-4-3-5-9-22/h3-15H,17H2,1-2H3,(H,28,31)(H,29,30)/b21-14+. The van der Waals surface area contributed by atoms with Gasteiger partial charge in [0.15, 0.2) is 6.61 Å². The molecule has 0 saturated carbocycles. The zero-order valence-corrected chi connectivity index (χ0v) is 17.9. The van der Waals surface area contributed by atoms with Crippen LogP contribution in [0.1, 0.15) is 16.7 Å². The Bertz CT molecular complexity index is 1190. The number of ether oxygens (including phenoxy) is 1. The Morgan fingerprint density at radius 3 is 2.50 bits per heavy atom. The lowest BCUT2D eigenvalue weighted by Crippen LogP contribution is -2.20. The fourth-order valence-electron chi connectivity index (χ4n) is 2.93. The minimum atomic E-state index is -0.502. The second-order valence-electron chi connectivity index (χ2n) is 7.22. The second kappa shape index (κ2) is 10.6. The summed E-state index contributed by atoms with van der Waals surface area (Å²) in [5.74, 6) is -0.326. The van der Waals surface area contributed by atoms with E-state index in [2.05, 4.69) is 10.6 Å². The zero-order valence-electron chi connectivity index (χ0n) is 17.9. The van der Waals surface area contributed by atoms with Crippen molar-refractivity contribution in [3.8, 4) is 11.8 Å². The molecule has 0 bridgehead atoms. The Balaban J connectivity index is 1.64. The third kappa shape index (κ3) is 6.31. The molecule has 0 unspecified atom stereocenters. The molecule has 3 aromatic rings. The van der Waals surface area contributed by atoms with Crippen LogP contribution in [0.5, 0.6) is 5.75 Å².